The number of rotatable bonds is 6. The molecule has 0 aromatic heterocycles. The normalized spacial score (nSPS) is 15.7. The third kappa shape index (κ3) is 4.98. The molecule has 1 aliphatic rings. The quantitative estimate of drug-likeness (QED) is 0.826. The van der Waals surface area contributed by atoms with Gasteiger partial charge in [0.05, 0.1) is 5.75 Å². The lowest BCUT2D eigenvalue weighted by Gasteiger charge is -2.23. The third-order valence-electron chi connectivity index (χ3n) is 4.17. The van der Waals surface area contributed by atoms with Gasteiger partial charge in [0, 0.05) is 19.3 Å². The van der Waals surface area contributed by atoms with Crippen LogP contribution in [0.25, 0.3) is 10.8 Å². The minimum atomic E-state index is 0.153. The molecule has 0 bridgehead atoms. The van der Waals surface area contributed by atoms with E-state index < -0.39 is 0 Å². The second-order valence-electron chi connectivity index (χ2n) is 5.94. The summed E-state index contributed by atoms with van der Waals surface area (Å²) in [5.41, 5.74) is 1.33. The zero-order chi connectivity index (χ0) is 15.9. The van der Waals surface area contributed by atoms with Gasteiger partial charge in [0.15, 0.2) is 0 Å². The number of amides is 1. The van der Waals surface area contributed by atoms with Gasteiger partial charge >= 0.3 is 0 Å². The lowest BCUT2D eigenvalue weighted by Crippen LogP contribution is -2.39. The van der Waals surface area contributed by atoms with Gasteiger partial charge in [-0.1, -0.05) is 42.5 Å². The van der Waals surface area contributed by atoms with Gasteiger partial charge in [0.1, 0.15) is 0 Å². The van der Waals surface area contributed by atoms with Crippen molar-refractivity contribution in [3.8, 4) is 0 Å². The lowest BCUT2D eigenvalue weighted by atomic mass is 10.1. The first-order chi connectivity index (χ1) is 11.3. The minimum Gasteiger partial charge on any atom is -0.381 e. The topological polar surface area (TPSA) is 38.3 Å². The number of carbonyl (C=O) groups is 1. The summed E-state index contributed by atoms with van der Waals surface area (Å²) in [5.74, 6) is 1.67. The Hall–Kier alpha value is -1.52. The Kier molecular flexibility index (Phi) is 5.94. The van der Waals surface area contributed by atoms with Crippen LogP contribution < -0.4 is 5.32 Å². The molecule has 4 heteroatoms. The Morgan fingerprint density at radius 1 is 1.13 bits per heavy atom. The SMILES string of the molecule is O=C(CSCCc1ccc2ccccc2c1)NC1CCOCC1. The van der Waals surface area contributed by atoms with Gasteiger partial charge < -0.3 is 10.1 Å². The Morgan fingerprint density at radius 2 is 1.91 bits per heavy atom. The number of benzene rings is 2. The van der Waals surface area contributed by atoms with Gasteiger partial charge in [-0.3, -0.25) is 4.79 Å². The Balaban J connectivity index is 1.39. The second-order valence-corrected chi connectivity index (χ2v) is 7.04. The fraction of sp³-hybridized carbons (Fsp3) is 0.421. The third-order valence-corrected chi connectivity index (χ3v) is 5.13. The number of nitrogens with one attached hydrogen (secondary N) is 1. The van der Waals surface area contributed by atoms with Crippen molar-refractivity contribution in [3.05, 3.63) is 48.0 Å². The van der Waals surface area contributed by atoms with Crippen molar-refractivity contribution >= 4 is 28.4 Å². The number of fused-ring (bicyclic) bond motifs is 1. The van der Waals surface area contributed by atoms with E-state index in [4.69, 9.17) is 4.74 Å². The number of hydrogen-bond acceptors (Lipinski definition) is 3. The van der Waals surface area contributed by atoms with Crippen LogP contribution in [0.15, 0.2) is 42.5 Å². The molecule has 1 aliphatic heterocycles. The van der Waals surface area contributed by atoms with Crippen LogP contribution >= 0.6 is 11.8 Å². The molecule has 2 aromatic rings. The zero-order valence-corrected chi connectivity index (χ0v) is 14.1. The Morgan fingerprint density at radius 3 is 2.74 bits per heavy atom. The van der Waals surface area contributed by atoms with Gasteiger partial charge in [-0.15, -0.1) is 0 Å². The maximum Gasteiger partial charge on any atom is 0.230 e. The molecule has 0 radical (unpaired) electrons. The van der Waals surface area contributed by atoms with E-state index in [1.54, 1.807) is 11.8 Å². The number of carbonyl (C=O) groups excluding carboxylic acids is 1. The molecule has 122 valence electrons. The predicted molar refractivity (Wildman–Crippen MR) is 97.0 cm³/mol. The molecule has 3 rings (SSSR count). The molecule has 1 amide bonds. The van der Waals surface area contributed by atoms with Crippen LogP contribution in [-0.4, -0.2) is 36.7 Å². The second kappa shape index (κ2) is 8.37. The van der Waals surface area contributed by atoms with E-state index in [-0.39, 0.29) is 5.91 Å². The van der Waals surface area contributed by atoms with Crippen LogP contribution in [-0.2, 0) is 16.0 Å². The molecule has 0 unspecified atom stereocenters. The van der Waals surface area contributed by atoms with E-state index in [1.165, 1.54) is 16.3 Å². The average Bonchev–Trinajstić information content (AvgIpc) is 2.59. The summed E-state index contributed by atoms with van der Waals surface area (Å²) in [7, 11) is 0. The highest BCUT2D eigenvalue weighted by atomic mass is 32.2. The smallest absolute Gasteiger partial charge is 0.230 e. The average molecular weight is 329 g/mol. The van der Waals surface area contributed by atoms with Gasteiger partial charge in [0.25, 0.3) is 0 Å². The van der Waals surface area contributed by atoms with Gasteiger partial charge in [-0.2, -0.15) is 11.8 Å². The first kappa shape index (κ1) is 16.3. The monoisotopic (exact) mass is 329 g/mol. The number of hydrogen-bond donors (Lipinski definition) is 1. The van der Waals surface area contributed by atoms with E-state index in [2.05, 4.69) is 47.8 Å². The van der Waals surface area contributed by atoms with Gasteiger partial charge in [-0.05, 0) is 41.4 Å². The fourth-order valence-electron chi connectivity index (χ4n) is 2.86. The Labute approximate surface area is 141 Å². The van der Waals surface area contributed by atoms with Crippen LogP contribution in [0.1, 0.15) is 18.4 Å². The summed E-state index contributed by atoms with van der Waals surface area (Å²) in [6.45, 7) is 1.53. The molecule has 0 atom stereocenters. The largest absolute Gasteiger partial charge is 0.381 e. The molecule has 1 N–H and O–H groups in total. The van der Waals surface area contributed by atoms with Crippen LogP contribution in [0.4, 0.5) is 0 Å². The molecule has 0 aliphatic carbocycles. The lowest BCUT2D eigenvalue weighted by molar-refractivity contribution is -0.119. The van der Waals surface area contributed by atoms with Crippen LogP contribution in [0.5, 0.6) is 0 Å². The summed E-state index contributed by atoms with van der Waals surface area (Å²) >= 11 is 1.71. The highest BCUT2D eigenvalue weighted by Gasteiger charge is 2.15. The maximum absolute atomic E-state index is 11.9. The summed E-state index contributed by atoms with van der Waals surface area (Å²) < 4.78 is 5.30. The van der Waals surface area contributed by atoms with Crippen LogP contribution in [0, 0.1) is 0 Å². The number of aryl methyl sites for hydroxylation is 1. The fourth-order valence-corrected chi connectivity index (χ4v) is 3.65. The molecule has 1 heterocycles. The van der Waals surface area contributed by atoms with Crippen molar-refractivity contribution < 1.29 is 9.53 Å². The highest BCUT2D eigenvalue weighted by Crippen LogP contribution is 2.17. The zero-order valence-electron chi connectivity index (χ0n) is 13.3. The van der Waals surface area contributed by atoms with Crippen molar-refractivity contribution in [1.29, 1.82) is 0 Å². The molecule has 0 saturated carbocycles. The standard InChI is InChI=1S/C19H23NO2S/c21-19(20-18-7-10-22-11-8-18)14-23-12-9-15-5-6-16-3-1-2-4-17(16)13-15/h1-6,13,18H,7-12,14H2,(H,20,21). The molecular formula is C19H23NO2S. The molecule has 1 saturated heterocycles. The van der Waals surface area contributed by atoms with E-state index >= 15 is 0 Å². The van der Waals surface area contributed by atoms with Gasteiger partial charge in [0.2, 0.25) is 5.91 Å². The summed E-state index contributed by atoms with van der Waals surface area (Å²) in [6, 6.07) is 15.3. The Bertz CT molecular complexity index is 653. The predicted octanol–water partition coefficient (Wildman–Crippen LogP) is 3.41. The number of ether oxygens (including phenoxy) is 1. The van der Waals surface area contributed by atoms with E-state index in [0.29, 0.717) is 11.8 Å². The van der Waals surface area contributed by atoms with Crippen LogP contribution in [0.3, 0.4) is 0 Å². The summed E-state index contributed by atoms with van der Waals surface area (Å²) in [5, 5.41) is 5.66. The van der Waals surface area contributed by atoms with E-state index in [1.807, 2.05) is 0 Å². The van der Waals surface area contributed by atoms with E-state index in [0.717, 1.165) is 38.2 Å². The van der Waals surface area contributed by atoms with Crippen molar-refractivity contribution in [2.45, 2.75) is 25.3 Å². The summed E-state index contributed by atoms with van der Waals surface area (Å²) in [6.07, 6.45) is 2.88. The summed E-state index contributed by atoms with van der Waals surface area (Å²) in [4.78, 5) is 11.9. The maximum atomic E-state index is 11.9. The molecule has 23 heavy (non-hydrogen) atoms. The molecule has 0 spiro atoms. The van der Waals surface area contributed by atoms with Crippen molar-refractivity contribution in [3.63, 3.8) is 0 Å². The van der Waals surface area contributed by atoms with Crippen molar-refractivity contribution in [1.82, 2.24) is 5.32 Å². The molecule has 2 aromatic carbocycles. The molecule has 1 fully saturated rings. The van der Waals surface area contributed by atoms with Gasteiger partial charge in [-0.25, -0.2) is 0 Å². The van der Waals surface area contributed by atoms with Crippen molar-refractivity contribution in [2.75, 3.05) is 24.7 Å². The van der Waals surface area contributed by atoms with Crippen LogP contribution in [0.2, 0.25) is 0 Å². The molecule has 3 nitrogen and oxygen atoms in total. The first-order valence-electron chi connectivity index (χ1n) is 8.24. The van der Waals surface area contributed by atoms with E-state index in [9.17, 15) is 4.79 Å². The minimum absolute atomic E-state index is 0.153. The highest BCUT2D eigenvalue weighted by molar-refractivity contribution is 7.99. The van der Waals surface area contributed by atoms with Crippen molar-refractivity contribution in [2.24, 2.45) is 0 Å². The molecular weight excluding hydrogens is 306 g/mol. The first-order valence-corrected chi connectivity index (χ1v) is 9.39. The number of thioether (sulfide) groups is 1.